The number of rotatable bonds is 2. The van der Waals surface area contributed by atoms with Gasteiger partial charge in [-0.05, 0) is 6.92 Å². The molecule has 0 unspecified atom stereocenters. The first-order valence-electron chi connectivity index (χ1n) is 4.52. The number of hydrogen-bond acceptors (Lipinski definition) is 5. The molecule has 0 bridgehead atoms. The first kappa shape index (κ1) is 10.6. The number of halogens is 1. The van der Waals surface area contributed by atoms with E-state index in [0.717, 1.165) is 0 Å². The van der Waals surface area contributed by atoms with Gasteiger partial charge in [0.15, 0.2) is 0 Å². The van der Waals surface area contributed by atoms with Gasteiger partial charge in [0.2, 0.25) is 5.88 Å². The summed E-state index contributed by atoms with van der Waals surface area (Å²) in [5.74, 6) is 1.30. The maximum absolute atomic E-state index is 5.78. The lowest BCUT2D eigenvalue weighted by atomic mass is 10.3. The average molecular weight is 237 g/mol. The Morgan fingerprint density at radius 3 is 2.88 bits per heavy atom. The lowest BCUT2D eigenvalue weighted by Crippen LogP contribution is -1.99. The largest absolute Gasteiger partial charge is 0.437 e. The van der Waals surface area contributed by atoms with Gasteiger partial charge in [0.25, 0.3) is 0 Å². The Balaban J connectivity index is 2.31. The number of nitrogens with zero attached hydrogens (tertiary/aromatic N) is 3. The maximum atomic E-state index is 5.78. The van der Waals surface area contributed by atoms with Crippen molar-refractivity contribution in [2.75, 3.05) is 5.73 Å². The molecule has 2 rings (SSSR count). The fraction of sp³-hybridized carbons (Fsp3) is 0.100. The van der Waals surface area contributed by atoms with Gasteiger partial charge < -0.3 is 10.5 Å². The molecule has 6 heteroatoms. The zero-order valence-corrected chi connectivity index (χ0v) is 9.27. The van der Waals surface area contributed by atoms with Crippen molar-refractivity contribution in [3.8, 4) is 11.6 Å². The van der Waals surface area contributed by atoms with E-state index < -0.39 is 0 Å². The molecule has 0 saturated heterocycles. The van der Waals surface area contributed by atoms with Gasteiger partial charge in [-0.3, -0.25) is 4.98 Å². The molecule has 0 atom stereocenters. The Bertz CT molecular complexity index is 518. The highest BCUT2D eigenvalue weighted by Gasteiger charge is 2.06. The number of nitrogens with two attached hydrogens (primary N) is 1. The Hall–Kier alpha value is -1.88. The minimum absolute atomic E-state index is 0.389. The normalized spacial score (nSPS) is 10.1. The van der Waals surface area contributed by atoms with Crippen molar-refractivity contribution in [1.29, 1.82) is 0 Å². The van der Waals surface area contributed by atoms with Crippen LogP contribution in [0.5, 0.6) is 11.6 Å². The van der Waals surface area contributed by atoms with E-state index in [1.165, 1.54) is 12.5 Å². The van der Waals surface area contributed by atoms with Crippen molar-refractivity contribution in [2.45, 2.75) is 6.92 Å². The molecule has 0 fully saturated rings. The molecule has 0 saturated carbocycles. The predicted molar refractivity (Wildman–Crippen MR) is 60.5 cm³/mol. The minimum Gasteiger partial charge on any atom is -0.437 e. The number of hydrogen-bond donors (Lipinski definition) is 1. The fourth-order valence-electron chi connectivity index (χ4n) is 1.11. The van der Waals surface area contributed by atoms with Gasteiger partial charge in [-0.25, -0.2) is 9.97 Å². The third-order valence-corrected chi connectivity index (χ3v) is 2.18. The van der Waals surface area contributed by atoms with Crippen molar-refractivity contribution in [2.24, 2.45) is 0 Å². The number of anilines is 1. The highest BCUT2D eigenvalue weighted by molar-refractivity contribution is 6.30. The molecule has 2 N–H and O–H groups in total. The van der Waals surface area contributed by atoms with Crippen molar-refractivity contribution >= 4 is 17.4 Å². The van der Waals surface area contributed by atoms with Gasteiger partial charge in [-0.1, -0.05) is 11.6 Å². The second-order valence-electron chi connectivity index (χ2n) is 3.13. The van der Waals surface area contributed by atoms with Crippen LogP contribution in [0.15, 0.2) is 24.8 Å². The SMILES string of the molecule is Cc1c(N)ncnc1Oc1cncc(Cl)c1. The van der Waals surface area contributed by atoms with Crippen molar-refractivity contribution in [3.05, 3.63) is 35.4 Å². The molecule has 5 nitrogen and oxygen atoms in total. The van der Waals surface area contributed by atoms with Crippen LogP contribution in [0.2, 0.25) is 5.02 Å². The number of pyridine rings is 1. The molecule has 0 spiro atoms. The van der Waals surface area contributed by atoms with Gasteiger partial charge in [0.05, 0.1) is 16.8 Å². The first-order chi connectivity index (χ1) is 7.66. The van der Waals surface area contributed by atoms with Crippen LogP contribution >= 0.6 is 11.6 Å². The number of ether oxygens (including phenoxy) is 1. The van der Waals surface area contributed by atoms with Crippen molar-refractivity contribution in [1.82, 2.24) is 15.0 Å². The third kappa shape index (κ3) is 2.20. The van der Waals surface area contributed by atoms with Crippen LogP contribution < -0.4 is 10.5 Å². The van der Waals surface area contributed by atoms with Crippen LogP contribution in [0.4, 0.5) is 5.82 Å². The second kappa shape index (κ2) is 4.32. The first-order valence-corrected chi connectivity index (χ1v) is 4.90. The minimum atomic E-state index is 0.389. The van der Waals surface area contributed by atoms with E-state index in [2.05, 4.69) is 15.0 Å². The third-order valence-electron chi connectivity index (χ3n) is 1.97. The van der Waals surface area contributed by atoms with Crippen LogP contribution in [0, 0.1) is 6.92 Å². The molecule has 16 heavy (non-hydrogen) atoms. The predicted octanol–water partition coefficient (Wildman–Crippen LogP) is 2.21. The molecule has 0 amide bonds. The molecule has 2 aromatic rings. The molecule has 0 aliphatic carbocycles. The van der Waals surface area contributed by atoms with E-state index in [4.69, 9.17) is 22.1 Å². The van der Waals surface area contributed by atoms with Crippen LogP contribution in [-0.2, 0) is 0 Å². The molecule has 2 heterocycles. The second-order valence-corrected chi connectivity index (χ2v) is 3.57. The van der Waals surface area contributed by atoms with Gasteiger partial charge in [0, 0.05) is 12.3 Å². The van der Waals surface area contributed by atoms with E-state index >= 15 is 0 Å². The van der Waals surface area contributed by atoms with Gasteiger partial charge in [-0.2, -0.15) is 0 Å². The zero-order chi connectivity index (χ0) is 11.5. The smallest absolute Gasteiger partial charge is 0.227 e. The van der Waals surface area contributed by atoms with E-state index in [1.54, 1.807) is 19.2 Å². The summed E-state index contributed by atoms with van der Waals surface area (Å²) in [6, 6.07) is 1.65. The zero-order valence-electron chi connectivity index (χ0n) is 8.51. The molecule has 0 aliphatic rings. The standard InChI is InChI=1S/C10H9ClN4O/c1-6-9(12)14-5-15-10(6)16-8-2-7(11)3-13-4-8/h2-5H,1H3,(H2,12,14,15). The average Bonchev–Trinajstić information content (AvgIpc) is 2.25. The summed E-state index contributed by atoms with van der Waals surface area (Å²) in [5.41, 5.74) is 6.31. The summed E-state index contributed by atoms with van der Waals surface area (Å²) in [5, 5.41) is 0.497. The van der Waals surface area contributed by atoms with Crippen LogP contribution in [0.3, 0.4) is 0 Å². The summed E-state index contributed by atoms with van der Waals surface area (Å²) in [6.07, 6.45) is 4.41. The van der Waals surface area contributed by atoms with Gasteiger partial charge >= 0.3 is 0 Å². The molecule has 0 radical (unpaired) electrons. The van der Waals surface area contributed by atoms with Crippen molar-refractivity contribution in [3.63, 3.8) is 0 Å². The maximum Gasteiger partial charge on any atom is 0.227 e. The summed E-state index contributed by atoms with van der Waals surface area (Å²) in [4.78, 5) is 11.7. The van der Waals surface area contributed by atoms with E-state index in [0.29, 0.717) is 28.0 Å². The van der Waals surface area contributed by atoms with Crippen LogP contribution in [0.25, 0.3) is 0 Å². The molecular weight excluding hydrogens is 228 g/mol. The summed E-state index contributed by atoms with van der Waals surface area (Å²) in [7, 11) is 0. The quantitative estimate of drug-likeness (QED) is 0.865. The molecule has 82 valence electrons. The molecule has 2 aromatic heterocycles. The molecular formula is C10H9ClN4O. The van der Waals surface area contributed by atoms with Gasteiger partial charge in [0.1, 0.15) is 17.9 Å². The van der Waals surface area contributed by atoms with Gasteiger partial charge in [-0.15, -0.1) is 0 Å². The number of aromatic nitrogens is 3. The van der Waals surface area contributed by atoms with Crippen LogP contribution in [-0.4, -0.2) is 15.0 Å². The number of nitrogen functional groups attached to an aromatic ring is 1. The Morgan fingerprint density at radius 2 is 2.12 bits per heavy atom. The lowest BCUT2D eigenvalue weighted by Gasteiger charge is -2.07. The highest BCUT2D eigenvalue weighted by Crippen LogP contribution is 2.25. The topological polar surface area (TPSA) is 73.9 Å². The highest BCUT2D eigenvalue weighted by atomic mass is 35.5. The monoisotopic (exact) mass is 236 g/mol. The van der Waals surface area contributed by atoms with E-state index in [-0.39, 0.29) is 0 Å². The summed E-state index contributed by atoms with van der Waals surface area (Å²) >= 11 is 5.78. The molecule has 0 aromatic carbocycles. The van der Waals surface area contributed by atoms with Crippen molar-refractivity contribution < 1.29 is 4.74 Å². The Labute approximate surface area is 97.3 Å². The summed E-state index contributed by atoms with van der Waals surface area (Å²) in [6.45, 7) is 1.78. The lowest BCUT2D eigenvalue weighted by molar-refractivity contribution is 0.456. The Morgan fingerprint density at radius 1 is 1.31 bits per heavy atom. The Kier molecular flexibility index (Phi) is 2.87. The molecule has 0 aliphatic heterocycles. The fourth-order valence-corrected chi connectivity index (χ4v) is 1.27. The van der Waals surface area contributed by atoms with E-state index in [1.807, 2.05) is 0 Å². The summed E-state index contributed by atoms with van der Waals surface area (Å²) < 4.78 is 5.49. The van der Waals surface area contributed by atoms with Crippen LogP contribution in [0.1, 0.15) is 5.56 Å². The van der Waals surface area contributed by atoms with E-state index in [9.17, 15) is 0 Å².